The molecule has 0 saturated carbocycles. The summed E-state index contributed by atoms with van der Waals surface area (Å²) in [7, 11) is 0. The summed E-state index contributed by atoms with van der Waals surface area (Å²) >= 11 is 0. The SMILES string of the molecule is CC1(C)c2ccccc2-c2c(-c3ccccc3N(c3ccc(-c4ccc(-c5ccccc5)cc4)cc3)c3ccc(-c4ccc5oc6ccccc6c5c4)cc3)cccc21. The van der Waals surface area contributed by atoms with E-state index in [1.54, 1.807) is 0 Å². The summed E-state index contributed by atoms with van der Waals surface area (Å²) < 4.78 is 6.15. The quantitative estimate of drug-likeness (QED) is 0.161. The highest BCUT2D eigenvalue weighted by Crippen LogP contribution is 2.53. The van der Waals surface area contributed by atoms with Gasteiger partial charge in [-0.1, -0.05) is 178 Å². The zero-order valence-electron chi connectivity index (χ0n) is 33.1. The lowest BCUT2D eigenvalue weighted by molar-refractivity contribution is 0.660. The second kappa shape index (κ2) is 13.9. The Morgan fingerprint density at radius 3 is 1.56 bits per heavy atom. The fourth-order valence-corrected chi connectivity index (χ4v) is 9.30. The van der Waals surface area contributed by atoms with Gasteiger partial charge in [0.2, 0.25) is 0 Å². The summed E-state index contributed by atoms with van der Waals surface area (Å²) in [5, 5.41) is 2.27. The smallest absolute Gasteiger partial charge is 0.135 e. The van der Waals surface area contributed by atoms with Gasteiger partial charge >= 0.3 is 0 Å². The van der Waals surface area contributed by atoms with Crippen LogP contribution in [0.2, 0.25) is 0 Å². The zero-order chi connectivity index (χ0) is 39.5. The molecule has 1 aliphatic rings. The second-order valence-corrected chi connectivity index (χ2v) is 16.1. The first-order valence-electron chi connectivity index (χ1n) is 20.4. The van der Waals surface area contributed by atoms with Crippen LogP contribution in [0.3, 0.4) is 0 Å². The van der Waals surface area contributed by atoms with Crippen LogP contribution in [-0.4, -0.2) is 0 Å². The van der Waals surface area contributed by atoms with E-state index in [0.29, 0.717) is 0 Å². The molecule has 1 heterocycles. The third-order valence-electron chi connectivity index (χ3n) is 12.3. The van der Waals surface area contributed by atoms with E-state index in [4.69, 9.17) is 4.42 Å². The van der Waals surface area contributed by atoms with Crippen LogP contribution in [-0.2, 0) is 5.41 Å². The first kappa shape index (κ1) is 34.8. The van der Waals surface area contributed by atoms with Crippen LogP contribution in [0.25, 0.3) is 77.6 Å². The summed E-state index contributed by atoms with van der Waals surface area (Å²) in [5.74, 6) is 0. The van der Waals surface area contributed by atoms with E-state index in [9.17, 15) is 0 Å². The molecule has 1 aromatic heterocycles. The maximum absolute atomic E-state index is 6.15. The molecule has 0 radical (unpaired) electrons. The van der Waals surface area contributed by atoms with Gasteiger partial charge in [-0.3, -0.25) is 0 Å². The number of fused-ring (bicyclic) bond motifs is 6. The zero-order valence-corrected chi connectivity index (χ0v) is 33.1. The molecule has 0 saturated heterocycles. The molecule has 0 aliphatic heterocycles. The first-order chi connectivity index (χ1) is 29.0. The van der Waals surface area contributed by atoms with Gasteiger partial charge in [0.15, 0.2) is 0 Å². The molecule has 0 fully saturated rings. The highest BCUT2D eigenvalue weighted by molar-refractivity contribution is 6.06. The molecule has 0 amide bonds. The fraction of sp³-hybridized carbons (Fsp3) is 0.0526. The minimum absolute atomic E-state index is 0.0900. The Bertz CT molecular complexity index is 3150. The van der Waals surface area contributed by atoms with Gasteiger partial charge in [-0.25, -0.2) is 0 Å². The average molecular weight is 756 g/mol. The number of hydrogen-bond donors (Lipinski definition) is 0. The van der Waals surface area contributed by atoms with E-state index in [0.717, 1.165) is 50.1 Å². The molecule has 59 heavy (non-hydrogen) atoms. The van der Waals surface area contributed by atoms with Crippen molar-refractivity contribution in [2.24, 2.45) is 0 Å². The van der Waals surface area contributed by atoms with E-state index in [1.165, 1.54) is 55.6 Å². The minimum Gasteiger partial charge on any atom is -0.456 e. The Morgan fingerprint density at radius 1 is 0.356 bits per heavy atom. The maximum Gasteiger partial charge on any atom is 0.135 e. The Balaban J connectivity index is 1.03. The third-order valence-corrected chi connectivity index (χ3v) is 12.3. The lowest BCUT2D eigenvalue weighted by Crippen LogP contribution is -2.14. The van der Waals surface area contributed by atoms with Gasteiger partial charge in [-0.05, 0) is 110 Å². The van der Waals surface area contributed by atoms with Crippen LogP contribution < -0.4 is 4.90 Å². The summed E-state index contributed by atoms with van der Waals surface area (Å²) in [4.78, 5) is 2.42. The highest BCUT2D eigenvalue weighted by atomic mass is 16.3. The predicted molar refractivity (Wildman–Crippen MR) is 248 cm³/mol. The van der Waals surface area contributed by atoms with E-state index < -0.39 is 0 Å². The van der Waals surface area contributed by atoms with Gasteiger partial charge in [0.25, 0.3) is 0 Å². The molecule has 2 heteroatoms. The molecule has 0 spiro atoms. The first-order valence-corrected chi connectivity index (χ1v) is 20.4. The molecular formula is C57H41NO. The normalized spacial score (nSPS) is 12.7. The summed E-state index contributed by atoms with van der Waals surface area (Å²) in [6.45, 7) is 4.70. The molecule has 0 atom stereocenters. The van der Waals surface area contributed by atoms with Crippen molar-refractivity contribution in [1.82, 2.24) is 0 Å². The van der Waals surface area contributed by atoms with Crippen molar-refractivity contribution in [2.45, 2.75) is 19.3 Å². The number of anilines is 3. The summed E-state index contributed by atoms with van der Waals surface area (Å²) in [6, 6.07) is 76.9. The number of benzene rings is 9. The highest BCUT2D eigenvalue weighted by Gasteiger charge is 2.37. The van der Waals surface area contributed by atoms with Gasteiger partial charge in [-0.15, -0.1) is 0 Å². The summed E-state index contributed by atoms with van der Waals surface area (Å²) in [5.41, 5.74) is 20.0. The van der Waals surface area contributed by atoms with Gasteiger partial charge in [0, 0.05) is 33.1 Å². The standard InChI is InChI=1S/C57H41NO/c1-57(2)51-19-9-6-17-49(51)56-48(18-12-20-52(56)57)46-15-7-10-21-53(46)58(44-32-27-41(28-33-44)40-25-23-39(24-26-40)38-13-4-3-5-14-38)45-34-29-42(30-35-45)43-31-36-55-50(37-43)47-16-8-11-22-54(47)59-55/h3-37H,1-2H3. The molecule has 11 rings (SSSR count). The molecule has 1 aliphatic carbocycles. The van der Waals surface area contributed by atoms with Crippen molar-refractivity contribution >= 4 is 39.0 Å². The molecule has 0 bridgehead atoms. The van der Waals surface area contributed by atoms with Crippen molar-refractivity contribution in [2.75, 3.05) is 4.90 Å². The van der Waals surface area contributed by atoms with Gasteiger partial charge < -0.3 is 9.32 Å². The molecule has 280 valence electrons. The van der Waals surface area contributed by atoms with Crippen molar-refractivity contribution in [3.8, 4) is 55.6 Å². The monoisotopic (exact) mass is 755 g/mol. The van der Waals surface area contributed by atoms with Crippen LogP contribution in [0, 0.1) is 0 Å². The van der Waals surface area contributed by atoms with Crippen molar-refractivity contribution < 1.29 is 4.42 Å². The van der Waals surface area contributed by atoms with E-state index in [1.807, 2.05) is 12.1 Å². The average Bonchev–Trinajstić information content (AvgIpc) is 3.79. The number of rotatable bonds is 7. The van der Waals surface area contributed by atoms with Crippen molar-refractivity contribution in [3.63, 3.8) is 0 Å². The van der Waals surface area contributed by atoms with E-state index in [2.05, 4.69) is 219 Å². The lowest BCUT2D eigenvalue weighted by atomic mass is 9.82. The molecule has 0 N–H and O–H groups in total. The van der Waals surface area contributed by atoms with Crippen LogP contribution in [0.4, 0.5) is 17.1 Å². The van der Waals surface area contributed by atoms with E-state index in [-0.39, 0.29) is 5.41 Å². The minimum atomic E-state index is -0.0900. The Labute approximate surface area is 345 Å². The second-order valence-electron chi connectivity index (χ2n) is 16.1. The number of para-hydroxylation sites is 2. The summed E-state index contributed by atoms with van der Waals surface area (Å²) in [6.07, 6.45) is 0. The van der Waals surface area contributed by atoms with Crippen LogP contribution in [0.5, 0.6) is 0 Å². The Kier molecular flexibility index (Phi) is 8.20. The number of nitrogens with zero attached hydrogens (tertiary/aromatic N) is 1. The van der Waals surface area contributed by atoms with E-state index >= 15 is 0 Å². The fourth-order valence-electron chi connectivity index (χ4n) is 9.30. The Hall–Kier alpha value is -7.42. The molecule has 9 aromatic carbocycles. The van der Waals surface area contributed by atoms with Crippen LogP contribution >= 0.6 is 0 Å². The predicted octanol–water partition coefficient (Wildman–Crippen LogP) is 16.0. The number of furan rings is 1. The topological polar surface area (TPSA) is 16.4 Å². The van der Waals surface area contributed by atoms with Gasteiger partial charge in [-0.2, -0.15) is 0 Å². The van der Waals surface area contributed by atoms with Gasteiger partial charge in [0.1, 0.15) is 11.2 Å². The molecular weight excluding hydrogens is 715 g/mol. The third kappa shape index (κ3) is 5.87. The largest absolute Gasteiger partial charge is 0.456 e. The molecule has 2 nitrogen and oxygen atoms in total. The number of hydrogen-bond acceptors (Lipinski definition) is 2. The van der Waals surface area contributed by atoms with Crippen LogP contribution in [0.1, 0.15) is 25.0 Å². The van der Waals surface area contributed by atoms with Crippen molar-refractivity contribution in [3.05, 3.63) is 223 Å². The van der Waals surface area contributed by atoms with Crippen molar-refractivity contribution in [1.29, 1.82) is 0 Å². The molecule has 0 unspecified atom stereocenters. The lowest BCUT2D eigenvalue weighted by Gasteiger charge is -2.29. The molecule has 10 aromatic rings. The maximum atomic E-state index is 6.15. The Morgan fingerprint density at radius 2 is 0.847 bits per heavy atom. The van der Waals surface area contributed by atoms with Crippen LogP contribution in [0.15, 0.2) is 217 Å². The van der Waals surface area contributed by atoms with Gasteiger partial charge in [0.05, 0.1) is 5.69 Å².